The molecule has 1 aromatic carbocycles. The van der Waals surface area contributed by atoms with Gasteiger partial charge in [-0.25, -0.2) is 15.0 Å². The van der Waals surface area contributed by atoms with E-state index in [0.717, 1.165) is 53.4 Å². The number of aliphatic hydroxyl groups excluding tert-OH is 1. The van der Waals surface area contributed by atoms with Gasteiger partial charge in [0.15, 0.2) is 0 Å². The number of hydrogen-bond donors (Lipinski definition) is 3. The SMILES string of the molecule is COCCOc1ccc(Nc2ncc3c(n2)CN(c2cnc4c(c2C)NCCO4)CC3)cc1CO. The molecule has 0 bridgehead atoms. The van der Waals surface area contributed by atoms with E-state index in [0.29, 0.717) is 49.5 Å². The van der Waals surface area contributed by atoms with E-state index in [9.17, 15) is 5.11 Å². The van der Waals surface area contributed by atoms with Crippen molar-refractivity contribution < 1.29 is 19.3 Å². The van der Waals surface area contributed by atoms with Crippen molar-refractivity contribution in [3.05, 3.63) is 53.0 Å². The highest BCUT2D eigenvalue weighted by atomic mass is 16.5. The summed E-state index contributed by atoms with van der Waals surface area (Å²) in [7, 11) is 1.62. The molecule has 0 radical (unpaired) electrons. The van der Waals surface area contributed by atoms with E-state index >= 15 is 0 Å². The number of ether oxygens (including phenoxy) is 3. The number of benzene rings is 1. The molecule has 3 N–H and O–H groups in total. The third-order valence-electron chi connectivity index (χ3n) is 6.24. The Morgan fingerprint density at radius 2 is 2.14 bits per heavy atom. The first-order valence-electron chi connectivity index (χ1n) is 11.7. The Morgan fingerprint density at radius 3 is 3.00 bits per heavy atom. The number of anilines is 4. The third-order valence-corrected chi connectivity index (χ3v) is 6.24. The molecule has 2 aromatic heterocycles. The lowest BCUT2D eigenvalue weighted by molar-refractivity contribution is 0.144. The maximum absolute atomic E-state index is 9.76. The molecule has 0 fully saturated rings. The molecule has 10 nitrogen and oxygen atoms in total. The quantitative estimate of drug-likeness (QED) is 0.418. The second-order valence-corrected chi connectivity index (χ2v) is 8.51. The predicted octanol–water partition coefficient (Wildman–Crippen LogP) is 2.81. The van der Waals surface area contributed by atoms with Crippen LogP contribution in [-0.4, -0.2) is 60.1 Å². The van der Waals surface area contributed by atoms with Crippen LogP contribution in [0.1, 0.15) is 22.4 Å². The molecule has 3 aromatic rings. The summed E-state index contributed by atoms with van der Waals surface area (Å²) in [6, 6.07) is 5.55. The minimum atomic E-state index is -0.133. The zero-order valence-electron chi connectivity index (χ0n) is 20.0. The second kappa shape index (κ2) is 10.3. The average Bonchev–Trinajstić information content (AvgIpc) is 2.89. The zero-order valence-corrected chi connectivity index (χ0v) is 20.0. The van der Waals surface area contributed by atoms with Gasteiger partial charge in [0, 0.05) is 43.2 Å². The van der Waals surface area contributed by atoms with Gasteiger partial charge in [-0.1, -0.05) is 0 Å². The average molecular weight is 479 g/mol. The Labute approximate surface area is 204 Å². The lowest BCUT2D eigenvalue weighted by atomic mass is 10.0. The molecule has 10 heteroatoms. The van der Waals surface area contributed by atoms with Gasteiger partial charge >= 0.3 is 0 Å². The fourth-order valence-electron chi connectivity index (χ4n) is 4.38. The molecule has 4 heterocycles. The molecule has 35 heavy (non-hydrogen) atoms. The topological polar surface area (TPSA) is 114 Å². The van der Waals surface area contributed by atoms with Gasteiger partial charge in [0.25, 0.3) is 0 Å². The summed E-state index contributed by atoms with van der Waals surface area (Å²) in [5.41, 5.74) is 6.78. The van der Waals surface area contributed by atoms with Crippen molar-refractivity contribution in [1.82, 2.24) is 15.0 Å². The first-order chi connectivity index (χ1) is 17.2. The summed E-state index contributed by atoms with van der Waals surface area (Å²) in [5, 5.41) is 16.4. The molecule has 2 aliphatic heterocycles. The van der Waals surface area contributed by atoms with Crippen LogP contribution in [0.2, 0.25) is 0 Å². The molecule has 0 amide bonds. The molecule has 0 aliphatic carbocycles. The number of methoxy groups -OCH3 is 1. The highest BCUT2D eigenvalue weighted by molar-refractivity contribution is 5.70. The normalized spacial score (nSPS) is 14.4. The smallest absolute Gasteiger partial charge is 0.237 e. The third kappa shape index (κ3) is 4.94. The van der Waals surface area contributed by atoms with Crippen molar-refractivity contribution in [3.63, 3.8) is 0 Å². The number of nitrogens with one attached hydrogen (secondary N) is 2. The van der Waals surface area contributed by atoms with Crippen molar-refractivity contribution in [2.24, 2.45) is 0 Å². The molecule has 2 aliphatic rings. The number of aliphatic hydroxyl groups is 1. The van der Waals surface area contributed by atoms with Crippen molar-refractivity contribution in [2.75, 3.05) is 55.6 Å². The van der Waals surface area contributed by atoms with Crippen LogP contribution in [0.5, 0.6) is 11.6 Å². The van der Waals surface area contributed by atoms with Crippen LogP contribution < -0.4 is 25.0 Å². The van der Waals surface area contributed by atoms with Gasteiger partial charge in [0.2, 0.25) is 11.8 Å². The standard InChI is InChI=1S/C25H30N6O4/c1-16-21(13-27-24-23(16)26-6-8-35-24)31-7-5-17-12-28-25(30-20(17)14-31)29-19-3-4-22(18(11-19)15-32)34-10-9-33-2/h3-4,11-13,26,32H,5-10,14-15H2,1-2H3,(H,28,29,30). The lowest BCUT2D eigenvalue weighted by Gasteiger charge is -2.32. The molecule has 0 saturated carbocycles. The lowest BCUT2D eigenvalue weighted by Crippen LogP contribution is -2.32. The van der Waals surface area contributed by atoms with Crippen LogP contribution in [0.3, 0.4) is 0 Å². The minimum Gasteiger partial charge on any atom is -0.491 e. The number of aromatic nitrogens is 3. The zero-order chi connectivity index (χ0) is 24.2. The van der Waals surface area contributed by atoms with E-state index in [1.54, 1.807) is 7.11 Å². The molecular formula is C25H30N6O4. The van der Waals surface area contributed by atoms with Crippen LogP contribution in [0.25, 0.3) is 0 Å². The fraction of sp³-hybridized carbons (Fsp3) is 0.400. The van der Waals surface area contributed by atoms with Gasteiger partial charge < -0.3 is 34.9 Å². The maximum atomic E-state index is 9.76. The Balaban J connectivity index is 1.32. The van der Waals surface area contributed by atoms with E-state index < -0.39 is 0 Å². The van der Waals surface area contributed by atoms with Crippen molar-refractivity contribution in [3.8, 4) is 11.6 Å². The van der Waals surface area contributed by atoms with Crippen LogP contribution in [0.4, 0.5) is 23.0 Å². The summed E-state index contributed by atoms with van der Waals surface area (Å²) >= 11 is 0. The van der Waals surface area contributed by atoms with Crippen molar-refractivity contribution in [2.45, 2.75) is 26.5 Å². The van der Waals surface area contributed by atoms with E-state index in [4.69, 9.17) is 19.2 Å². The number of pyridine rings is 1. The Kier molecular flexibility index (Phi) is 6.82. The largest absolute Gasteiger partial charge is 0.491 e. The number of rotatable bonds is 8. The fourth-order valence-corrected chi connectivity index (χ4v) is 4.38. The summed E-state index contributed by atoms with van der Waals surface area (Å²) in [6.07, 6.45) is 4.64. The van der Waals surface area contributed by atoms with Crippen LogP contribution >= 0.6 is 0 Å². The maximum Gasteiger partial charge on any atom is 0.237 e. The van der Waals surface area contributed by atoms with Gasteiger partial charge in [-0.3, -0.25) is 0 Å². The summed E-state index contributed by atoms with van der Waals surface area (Å²) in [6.45, 7) is 5.82. The molecule has 0 atom stereocenters. The molecule has 0 unspecified atom stereocenters. The van der Waals surface area contributed by atoms with E-state index in [2.05, 4.69) is 32.4 Å². The Morgan fingerprint density at radius 1 is 1.23 bits per heavy atom. The van der Waals surface area contributed by atoms with Crippen LogP contribution in [0, 0.1) is 6.92 Å². The van der Waals surface area contributed by atoms with Crippen LogP contribution in [-0.2, 0) is 24.3 Å². The van der Waals surface area contributed by atoms with Crippen molar-refractivity contribution in [1.29, 1.82) is 0 Å². The molecule has 0 saturated heterocycles. The van der Waals surface area contributed by atoms with Gasteiger partial charge in [-0.2, -0.15) is 0 Å². The molecular weight excluding hydrogens is 448 g/mol. The predicted molar refractivity (Wildman–Crippen MR) is 133 cm³/mol. The second-order valence-electron chi connectivity index (χ2n) is 8.51. The Hall–Kier alpha value is -3.63. The highest BCUT2D eigenvalue weighted by Crippen LogP contribution is 2.36. The summed E-state index contributed by atoms with van der Waals surface area (Å²) < 4.78 is 16.4. The molecule has 5 rings (SSSR count). The molecule has 0 spiro atoms. The van der Waals surface area contributed by atoms with Crippen LogP contribution in [0.15, 0.2) is 30.6 Å². The molecule has 184 valence electrons. The highest BCUT2D eigenvalue weighted by Gasteiger charge is 2.24. The first-order valence-corrected chi connectivity index (χ1v) is 11.7. The van der Waals surface area contributed by atoms with Gasteiger partial charge in [0.1, 0.15) is 24.7 Å². The number of fused-ring (bicyclic) bond motifs is 2. The van der Waals surface area contributed by atoms with E-state index in [-0.39, 0.29) is 6.61 Å². The number of hydrogen-bond acceptors (Lipinski definition) is 10. The summed E-state index contributed by atoms with van der Waals surface area (Å²) in [5.74, 6) is 1.81. The first kappa shape index (κ1) is 23.1. The van der Waals surface area contributed by atoms with Gasteiger partial charge in [0.05, 0.1) is 37.3 Å². The van der Waals surface area contributed by atoms with E-state index in [1.165, 1.54) is 0 Å². The van der Waals surface area contributed by atoms with E-state index in [1.807, 2.05) is 30.6 Å². The summed E-state index contributed by atoms with van der Waals surface area (Å²) in [4.78, 5) is 16.1. The minimum absolute atomic E-state index is 0.133. The van der Waals surface area contributed by atoms with Gasteiger partial charge in [-0.05, 0) is 37.1 Å². The number of nitrogens with zero attached hydrogens (tertiary/aromatic N) is 4. The van der Waals surface area contributed by atoms with Crippen molar-refractivity contribution >= 4 is 23.0 Å². The van der Waals surface area contributed by atoms with Gasteiger partial charge in [-0.15, -0.1) is 0 Å². The Bertz CT molecular complexity index is 1200. The monoisotopic (exact) mass is 478 g/mol.